The Balaban J connectivity index is 1.83. The molecule has 0 aromatic heterocycles. The van der Waals surface area contributed by atoms with Crippen LogP contribution in [0.5, 0.6) is 0 Å². The van der Waals surface area contributed by atoms with Gasteiger partial charge >= 0.3 is 0 Å². The van der Waals surface area contributed by atoms with Crippen molar-refractivity contribution in [3.8, 4) is 0 Å². The average molecular weight is 268 g/mol. The fourth-order valence-corrected chi connectivity index (χ4v) is 3.41. The van der Waals surface area contributed by atoms with Gasteiger partial charge in [0.15, 0.2) is 0 Å². The summed E-state index contributed by atoms with van der Waals surface area (Å²) in [5, 5.41) is 0. The number of rotatable bonds is 5. The Kier molecular flexibility index (Phi) is 4.76. The van der Waals surface area contributed by atoms with E-state index in [0.717, 1.165) is 12.8 Å². The molecule has 0 spiro atoms. The van der Waals surface area contributed by atoms with E-state index in [9.17, 15) is 4.79 Å². The normalized spacial score (nSPS) is 19.9. The van der Waals surface area contributed by atoms with Crippen LogP contribution < -0.4 is 4.72 Å². The summed E-state index contributed by atoms with van der Waals surface area (Å²) in [5.41, 5.74) is 0. The Labute approximate surface area is 111 Å². The van der Waals surface area contributed by atoms with E-state index in [4.69, 9.17) is 0 Å². The van der Waals surface area contributed by atoms with Crippen LogP contribution in [0.15, 0.2) is 35.2 Å². The molecule has 92 valence electrons. The molecule has 1 saturated heterocycles. The second-order valence-electron chi connectivity index (χ2n) is 3.85. The molecule has 17 heavy (non-hydrogen) atoms. The molecule has 1 fully saturated rings. The van der Waals surface area contributed by atoms with E-state index in [1.54, 1.807) is 16.1 Å². The lowest BCUT2D eigenvalue weighted by atomic mass is 10.2. The predicted octanol–water partition coefficient (Wildman–Crippen LogP) is 2.90. The number of hydrogen-bond donors (Lipinski definition) is 1. The van der Waals surface area contributed by atoms with E-state index in [1.807, 2.05) is 18.2 Å². The number of hydrogen-bond acceptors (Lipinski definition) is 4. The number of nitrogens with zero attached hydrogens (tertiary/aromatic N) is 1. The van der Waals surface area contributed by atoms with E-state index in [-0.39, 0.29) is 11.9 Å². The van der Waals surface area contributed by atoms with Crippen LogP contribution in [0.3, 0.4) is 0 Å². The summed E-state index contributed by atoms with van der Waals surface area (Å²) in [6, 6.07) is 10.2. The summed E-state index contributed by atoms with van der Waals surface area (Å²) in [4.78, 5) is 13.1. The highest BCUT2D eigenvalue weighted by molar-refractivity contribution is 8.01. The van der Waals surface area contributed by atoms with Gasteiger partial charge in [-0.1, -0.05) is 31.5 Å². The van der Waals surface area contributed by atoms with Crippen molar-refractivity contribution in [1.82, 2.24) is 9.03 Å². The minimum Gasteiger partial charge on any atom is -0.272 e. The van der Waals surface area contributed by atoms with Crippen LogP contribution in [0, 0.1) is 0 Å². The lowest BCUT2D eigenvalue weighted by molar-refractivity contribution is -0.126. The first kappa shape index (κ1) is 12.8. The number of benzene rings is 1. The highest BCUT2D eigenvalue weighted by Crippen LogP contribution is 2.26. The van der Waals surface area contributed by atoms with E-state index >= 15 is 0 Å². The SMILES string of the molecule is CCCC1NSN(CSc2ccccc2)C1=O. The van der Waals surface area contributed by atoms with Gasteiger partial charge in [0, 0.05) is 17.0 Å². The van der Waals surface area contributed by atoms with Crippen molar-refractivity contribution in [3.63, 3.8) is 0 Å². The second-order valence-corrected chi connectivity index (χ2v) is 5.73. The first-order valence-corrected chi connectivity index (χ1v) is 7.49. The van der Waals surface area contributed by atoms with Gasteiger partial charge < -0.3 is 0 Å². The van der Waals surface area contributed by atoms with Gasteiger partial charge in [-0.05, 0) is 18.6 Å². The standard InChI is InChI=1S/C12H16N2OS2/c1-2-6-11-12(15)14(17-13-11)9-16-10-7-4-3-5-8-10/h3-5,7-8,11,13H,2,6,9H2,1H3. The molecule has 1 atom stereocenters. The van der Waals surface area contributed by atoms with Gasteiger partial charge in [0.05, 0.1) is 11.9 Å². The molecule has 1 aromatic carbocycles. The minimum atomic E-state index is 0.00127. The molecular formula is C12H16N2OS2. The van der Waals surface area contributed by atoms with Crippen molar-refractivity contribution in [1.29, 1.82) is 0 Å². The molecule has 3 nitrogen and oxygen atoms in total. The molecule has 0 aliphatic carbocycles. The number of carbonyl (C=O) groups excluding carboxylic acids is 1. The third-order valence-corrected chi connectivity index (χ3v) is 4.59. The fourth-order valence-electron chi connectivity index (χ4n) is 1.61. The summed E-state index contributed by atoms with van der Waals surface area (Å²) in [7, 11) is 0. The first-order chi connectivity index (χ1) is 8.31. The van der Waals surface area contributed by atoms with Gasteiger partial charge in [0.1, 0.15) is 0 Å². The van der Waals surface area contributed by atoms with Gasteiger partial charge in [-0.15, -0.1) is 11.8 Å². The molecule has 0 saturated carbocycles. The summed E-state index contributed by atoms with van der Waals surface area (Å²) in [6.45, 7) is 2.10. The molecule has 1 aromatic rings. The van der Waals surface area contributed by atoms with Gasteiger partial charge in [-0.3, -0.25) is 9.10 Å². The lowest BCUT2D eigenvalue weighted by Gasteiger charge is -2.12. The summed E-state index contributed by atoms with van der Waals surface area (Å²) >= 11 is 3.12. The zero-order valence-electron chi connectivity index (χ0n) is 9.76. The van der Waals surface area contributed by atoms with Crippen LogP contribution in [0.2, 0.25) is 0 Å². The molecule has 1 heterocycles. The number of amides is 1. The summed E-state index contributed by atoms with van der Waals surface area (Å²) < 4.78 is 4.98. The number of carbonyl (C=O) groups is 1. The van der Waals surface area contributed by atoms with Crippen LogP contribution in [0.1, 0.15) is 19.8 Å². The third-order valence-electron chi connectivity index (χ3n) is 2.52. The molecule has 1 aliphatic rings. The van der Waals surface area contributed by atoms with E-state index in [0.29, 0.717) is 5.88 Å². The van der Waals surface area contributed by atoms with Crippen molar-refractivity contribution in [2.75, 3.05) is 5.88 Å². The summed E-state index contributed by atoms with van der Waals surface area (Å²) in [6.07, 6.45) is 1.95. The van der Waals surface area contributed by atoms with Gasteiger partial charge in [0.2, 0.25) is 0 Å². The van der Waals surface area contributed by atoms with Crippen molar-refractivity contribution in [2.24, 2.45) is 0 Å². The largest absolute Gasteiger partial charge is 0.272 e. The quantitative estimate of drug-likeness (QED) is 0.657. The van der Waals surface area contributed by atoms with Crippen molar-refractivity contribution in [3.05, 3.63) is 30.3 Å². The molecule has 1 unspecified atom stereocenters. The topological polar surface area (TPSA) is 32.3 Å². The first-order valence-electron chi connectivity index (χ1n) is 5.73. The predicted molar refractivity (Wildman–Crippen MR) is 73.4 cm³/mol. The van der Waals surface area contributed by atoms with Crippen LogP contribution in [-0.4, -0.2) is 22.1 Å². The maximum atomic E-state index is 11.9. The Bertz CT molecular complexity index is 372. The maximum absolute atomic E-state index is 11.9. The Morgan fingerprint density at radius 2 is 2.18 bits per heavy atom. The maximum Gasteiger partial charge on any atom is 0.252 e. The van der Waals surface area contributed by atoms with Crippen LogP contribution in [0.25, 0.3) is 0 Å². The van der Waals surface area contributed by atoms with E-state index < -0.39 is 0 Å². The van der Waals surface area contributed by atoms with E-state index in [2.05, 4.69) is 23.8 Å². The second kappa shape index (κ2) is 6.33. The zero-order valence-corrected chi connectivity index (χ0v) is 11.4. The van der Waals surface area contributed by atoms with Gasteiger partial charge in [-0.2, -0.15) is 0 Å². The molecule has 1 aliphatic heterocycles. The van der Waals surface area contributed by atoms with Crippen LogP contribution >= 0.6 is 23.9 Å². The monoisotopic (exact) mass is 268 g/mol. The van der Waals surface area contributed by atoms with Crippen LogP contribution in [0.4, 0.5) is 0 Å². The molecule has 0 bridgehead atoms. The average Bonchev–Trinajstić information content (AvgIpc) is 2.70. The molecule has 1 amide bonds. The lowest BCUT2D eigenvalue weighted by Crippen LogP contribution is -2.29. The van der Waals surface area contributed by atoms with Crippen molar-refractivity contribution >= 4 is 29.8 Å². The highest BCUT2D eigenvalue weighted by Gasteiger charge is 2.31. The van der Waals surface area contributed by atoms with E-state index in [1.165, 1.54) is 17.0 Å². The molecule has 0 radical (unpaired) electrons. The Morgan fingerprint density at radius 3 is 2.88 bits per heavy atom. The molecule has 2 rings (SSSR count). The van der Waals surface area contributed by atoms with Crippen molar-refractivity contribution in [2.45, 2.75) is 30.7 Å². The smallest absolute Gasteiger partial charge is 0.252 e. The molecular weight excluding hydrogens is 252 g/mol. The Hall–Kier alpha value is -0.650. The Morgan fingerprint density at radius 1 is 1.41 bits per heavy atom. The number of thioether (sulfide) groups is 1. The summed E-state index contributed by atoms with van der Waals surface area (Å²) in [5.74, 6) is 0.904. The molecule has 5 heteroatoms. The molecule has 1 N–H and O–H groups in total. The highest BCUT2D eigenvalue weighted by atomic mass is 32.2. The van der Waals surface area contributed by atoms with Gasteiger partial charge in [0.25, 0.3) is 5.91 Å². The van der Waals surface area contributed by atoms with Crippen molar-refractivity contribution < 1.29 is 4.79 Å². The fraction of sp³-hybridized carbons (Fsp3) is 0.417. The van der Waals surface area contributed by atoms with Gasteiger partial charge in [-0.25, -0.2) is 4.72 Å². The minimum absolute atomic E-state index is 0.00127. The third kappa shape index (κ3) is 3.40. The number of nitrogens with one attached hydrogen (secondary N) is 1. The van der Waals surface area contributed by atoms with Crippen LogP contribution in [-0.2, 0) is 4.79 Å². The zero-order chi connectivity index (χ0) is 12.1.